The average Bonchev–Trinajstić information content (AvgIpc) is 3.27. The number of hydrogen-bond acceptors (Lipinski definition) is 2. The minimum atomic E-state index is 0.332. The lowest BCUT2D eigenvalue weighted by atomic mass is 9.89. The Morgan fingerprint density at radius 2 is 2.08 bits per heavy atom. The molecular weight excluding hydrogens is 318 g/mol. The summed E-state index contributed by atoms with van der Waals surface area (Å²) in [6.45, 7) is 10.4. The van der Waals surface area contributed by atoms with Crippen molar-refractivity contribution in [2.24, 2.45) is 11.7 Å². The molecule has 1 aliphatic carbocycles. The van der Waals surface area contributed by atoms with E-state index in [-0.39, 0.29) is 0 Å². The monoisotopic (exact) mass is 349 g/mol. The van der Waals surface area contributed by atoms with Crippen molar-refractivity contribution in [1.82, 2.24) is 0 Å². The molecule has 0 amide bonds. The third-order valence-electron chi connectivity index (χ3n) is 5.45. The number of nitrogens with two attached hydrogens (primary N) is 1. The van der Waals surface area contributed by atoms with E-state index < -0.39 is 0 Å². The van der Waals surface area contributed by atoms with Gasteiger partial charge in [0.2, 0.25) is 0 Å². The lowest BCUT2D eigenvalue weighted by Gasteiger charge is -2.15. The van der Waals surface area contributed by atoms with E-state index in [1.807, 2.05) is 19.1 Å². The zero-order valence-electron chi connectivity index (χ0n) is 16.5. The van der Waals surface area contributed by atoms with Crippen LogP contribution in [-0.4, -0.2) is 7.11 Å². The number of rotatable bonds is 8. The van der Waals surface area contributed by atoms with Crippen molar-refractivity contribution in [3.05, 3.63) is 95.5 Å². The number of allylic oxidation sites excluding steroid dienone is 6. The van der Waals surface area contributed by atoms with Crippen LogP contribution in [-0.2, 0) is 16.6 Å². The van der Waals surface area contributed by atoms with E-state index in [0.29, 0.717) is 5.41 Å². The molecule has 2 atom stereocenters. The van der Waals surface area contributed by atoms with Crippen LogP contribution in [0.1, 0.15) is 38.3 Å². The van der Waals surface area contributed by atoms with Crippen LogP contribution >= 0.6 is 0 Å². The third-order valence-corrected chi connectivity index (χ3v) is 5.45. The predicted octanol–water partition coefficient (Wildman–Crippen LogP) is 5.59. The Labute approximate surface area is 158 Å². The van der Waals surface area contributed by atoms with E-state index in [4.69, 9.17) is 10.5 Å². The Morgan fingerprint density at radius 3 is 2.62 bits per heavy atom. The molecule has 0 heterocycles. The molecule has 1 saturated carbocycles. The fourth-order valence-electron chi connectivity index (χ4n) is 3.58. The first-order valence-electron chi connectivity index (χ1n) is 9.22. The molecule has 2 unspecified atom stereocenters. The Hall–Kier alpha value is -2.48. The number of ether oxygens (including phenoxy) is 1. The summed E-state index contributed by atoms with van der Waals surface area (Å²) >= 11 is 0. The molecule has 1 aromatic rings. The van der Waals surface area contributed by atoms with Crippen molar-refractivity contribution in [1.29, 1.82) is 0 Å². The van der Waals surface area contributed by atoms with Gasteiger partial charge in [-0.25, -0.2) is 0 Å². The van der Waals surface area contributed by atoms with Crippen LogP contribution in [0.25, 0.3) is 0 Å². The first-order valence-corrected chi connectivity index (χ1v) is 9.22. The normalized spacial score (nSPS) is 24.0. The second-order valence-corrected chi connectivity index (χ2v) is 7.08. The van der Waals surface area contributed by atoms with Crippen molar-refractivity contribution in [2.45, 2.75) is 39.0 Å². The topological polar surface area (TPSA) is 35.2 Å². The SMILES string of the molecule is C=C/C=C(C(/C=C\Cc1ccccc1C1(C)CC1C)=C/N)\C(=C/C)OC. The van der Waals surface area contributed by atoms with Crippen LogP contribution in [0.2, 0.25) is 0 Å². The van der Waals surface area contributed by atoms with Crippen LogP contribution in [0.3, 0.4) is 0 Å². The summed E-state index contributed by atoms with van der Waals surface area (Å²) in [6.07, 6.45) is 13.6. The molecule has 0 bridgehead atoms. The highest BCUT2D eigenvalue weighted by atomic mass is 16.5. The van der Waals surface area contributed by atoms with E-state index in [1.165, 1.54) is 17.5 Å². The van der Waals surface area contributed by atoms with Gasteiger partial charge >= 0.3 is 0 Å². The van der Waals surface area contributed by atoms with Crippen molar-refractivity contribution in [3.8, 4) is 0 Å². The molecule has 2 nitrogen and oxygen atoms in total. The number of hydrogen-bond donors (Lipinski definition) is 1. The van der Waals surface area contributed by atoms with Crippen LogP contribution < -0.4 is 5.73 Å². The van der Waals surface area contributed by atoms with Crippen LogP contribution in [0, 0.1) is 5.92 Å². The summed E-state index contributed by atoms with van der Waals surface area (Å²) in [6, 6.07) is 8.77. The zero-order valence-corrected chi connectivity index (χ0v) is 16.5. The zero-order chi connectivity index (χ0) is 19.2. The summed E-state index contributed by atoms with van der Waals surface area (Å²) in [5, 5.41) is 0. The molecule has 0 radical (unpaired) electrons. The van der Waals surface area contributed by atoms with E-state index >= 15 is 0 Å². The Bertz CT molecular complexity index is 766. The molecule has 1 aromatic carbocycles. The van der Waals surface area contributed by atoms with Crippen LogP contribution in [0.5, 0.6) is 0 Å². The largest absolute Gasteiger partial charge is 0.496 e. The van der Waals surface area contributed by atoms with Gasteiger partial charge in [0, 0.05) is 17.3 Å². The van der Waals surface area contributed by atoms with E-state index in [2.05, 4.69) is 56.8 Å². The van der Waals surface area contributed by atoms with E-state index in [9.17, 15) is 0 Å². The van der Waals surface area contributed by atoms with Gasteiger partial charge in [-0.05, 0) is 48.3 Å². The predicted molar refractivity (Wildman–Crippen MR) is 112 cm³/mol. The van der Waals surface area contributed by atoms with Crippen molar-refractivity contribution >= 4 is 0 Å². The highest BCUT2D eigenvalue weighted by Crippen LogP contribution is 2.54. The van der Waals surface area contributed by atoms with Gasteiger partial charge in [0.25, 0.3) is 0 Å². The summed E-state index contributed by atoms with van der Waals surface area (Å²) in [4.78, 5) is 0. The molecule has 0 aliphatic heterocycles. The van der Waals surface area contributed by atoms with Gasteiger partial charge in [0.05, 0.1) is 7.11 Å². The van der Waals surface area contributed by atoms with Crippen LogP contribution in [0.15, 0.2) is 84.3 Å². The first-order chi connectivity index (χ1) is 12.5. The molecule has 2 rings (SSSR count). The van der Waals surface area contributed by atoms with Gasteiger partial charge in [0.1, 0.15) is 5.76 Å². The first kappa shape index (κ1) is 19.8. The highest BCUT2D eigenvalue weighted by molar-refractivity contribution is 5.51. The van der Waals surface area contributed by atoms with Gasteiger partial charge in [-0.15, -0.1) is 0 Å². The molecule has 0 saturated heterocycles. The maximum Gasteiger partial charge on any atom is 0.122 e. The van der Waals surface area contributed by atoms with Crippen molar-refractivity contribution in [3.63, 3.8) is 0 Å². The summed E-state index contributed by atoms with van der Waals surface area (Å²) < 4.78 is 5.46. The number of benzene rings is 1. The third kappa shape index (κ3) is 4.19. The van der Waals surface area contributed by atoms with Gasteiger partial charge in [0.15, 0.2) is 0 Å². The molecule has 0 spiro atoms. The maximum atomic E-state index is 5.89. The van der Waals surface area contributed by atoms with E-state index in [0.717, 1.165) is 29.2 Å². The molecule has 138 valence electrons. The van der Waals surface area contributed by atoms with Crippen molar-refractivity contribution in [2.75, 3.05) is 7.11 Å². The second kappa shape index (κ2) is 8.75. The lowest BCUT2D eigenvalue weighted by Crippen LogP contribution is -2.07. The smallest absolute Gasteiger partial charge is 0.122 e. The molecule has 2 heteroatoms. The molecular formula is C24H31NO. The summed E-state index contributed by atoms with van der Waals surface area (Å²) in [5.74, 6) is 1.54. The lowest BCUT2D eigenvalue weighted by molar-refractivity contribution is 0.301. The summed E-state index contributed by atoms with van der Waals surface area (Å²) in [7, 11) is 1.66. The summed E-state index contributed by atoms with van der Waals surface area (Å²) in [5.41, 5.74) is 10.9. The second-order valence-electron chi connectivity index (χ2n) is 7.08. The quantitative estimate of drug-likeness (QED) is 0.490. The molecule has 26 heavy (non-hydrogen) atoms. The fourth-order valence-corrected chi connectivity index (χ4v) is 3.58. The maximum absolute atomic E-state index is 5.89. The van der Waals surface area contributed by atoms with Gasteiger partial charge in [-0.3, -0.25) is 0 Å². The standard InChI is InChI=1S/C24H31NO/c1-6-11-21(23(7-2)26-5)20(17-25)14-10-13-19-12-8-9-15-22(19)24(4)16-18(24)3/h6-12,14-15,17-18H,1,13,16,25H2,2-5H3/b14-10-,20-17+,21-11-,23-7+. The minimum absolute atomic E-state index is 0.332. The Kier molecular flexibility index (Phi) is 6.68. The Balaban J connectivity index is 2.22. The average molecular weight is 350 g/mol. The van der Waals surface area contributed by atoms with Gasteiger partial charge < -0.3 is 10.5 Å². The molecule has 0 aromatic heterocycles. The fraction of sp³-hybridized carbons (Fsp3) is 0.333. The van der Waals surface area contributed by atoms with E-state index in [1.54, 1.807) is 19.4 Å². The highest BCUT2D eigenvalue weighted by Gasteiger charge is 2.48. The molecule has 2 N–H and O–H groups in total. The Morgan fingerprint density at radius 1 is 1.38 bits per heavy atom. The molecule has 1 fully saturated rings. The van der Waals surface area contributed by atoms with Gasteiger partial charge in [-0.2, -0.15) is 0 Å². The molecule has 1 aliphatic rings. The van der Waals surface area contributed by atoms with Crippen LogP contribution in [0.4, 0.5) is 0 Å². The number of methoxy groups -OCH3 is 1. The van der Waals surface area contributed by atoms with Crippen molar-refractivity contribution < 1.29 is 4.74 Å². The van der Waals surface area contributed by atoms with Gasteiger partial charge in [-0.1, -0.05) is 69.0 Å². The minimum Gasteiger partial charge on any atom is -0.496 e.